The third kappa shape index (κ3) is 2.67. The van der Waals surface area contributed by atoms with Gasteiger partial charge in [0.05, 0.1) is 10.6 Å². The summed E-state index contributed by atoms with van der Waals surface area (Å²) >= 11 is 5.93. The number of halogens is 1. The van der Waals surface area contributed by atoms with E-state index in [1.54, 1.807) is 42.5 Å². The molecule has 1 unspecified atom stereocenters. The molecule has 2 aromatic rings. The molecular weight excluding hydrogens is 296 g/mol. The van der Waals surface area contributed by atoms with Crippen molar-refractivity contribution in [2.45, 2.75) is 17.4 Å². The average molecular weight is 309 g/mol. The Balaban J connectivity index is 1.78. The van der Waals surface area contributed by atoms with Gasteiger partial charge in [0.25, 0.3) is 0 Å². The van der Waals surface area contributed by atoms with Crippen molar-refractivity contribution in [2.75, 3.05) is 5.75 Å². The largest absolute Gasteiger partial charge is 0.489 e. The minimum atomic E-state index is -3.33. The van der Waals surface area contributed by atoms with Crippen LogP contribution in [0, 0.1) is 0 Å². The van der Waals surface area contributed by atoms with Crippen molar-refractivity contribution >= 4 is 21.4 Å². The molecule has 2 aromatic carbocycles. The highest BCUT2D eigenvalue weighted by Gasteiger charge is 2.28. The lowest BCUT2D eigenvalue weighted by atomic mass is 10.1. The Bertz CT molecular complexity index is 726. The van der Waals surface area contributed by atoms with Crippen LogP contribution >= 0.6 is 11.6 Å². The number of hydrogen-bond donors (Lipinski definition) is 0. The zero-order chi connectivity index (χ0) is 14.2. The quantitative estimate of drug-likeness (QED) is 0.875. The van der Waals surface area contributed by atoms with Crippen molar-refractivity contribution in [3.05, 3.63) is 59.1 Å². The van der Waals surface area contributed by atoms with Crippen molar-refractivity contribution in [3.8, 4) is 5.75 Å². The summed E-state index contributed by atoms with van der Waals surface area (Å²) in [5.41, 5.74) is 0.964. The summed E-state index contributed by atoms with van der Waals surface area (Å²) < 4.78 is 30.3. The molecule has 1 heterocycles. The molecule has 0 amide bonds. The standard InChI is InChI=1S/C15H13ClO3S/c16-12-6-7-15-11(8-12)9-13(19-15)10-20(17,18)14-4-2-1-3-5-14/h1-8,13H,9-10H2. The van der Waals surface area contributed by atoms with Gasteiger partial charge in [-0.25, -0.2) is 8.42 Å². The van der Waals surface area contributed by atoms with Crippen molar-refractivity contribution < 1.29 is 13.2 Å². The molecule has 20 heavy (non-hydrogen) atoms. The normalized spacial score (nSPS) is 17.6. The smallest absolute Gasteiger partial charge is 0.182 e. The third-order valence-corrected chi connectivity index (χ3v) is 5.31. The molecule has 0 aliphatic carbocycles. The van der Waals surface area contributed by atoms with Crippen LogP contribution in [0.5, 0.6) is 5.75 Å². The molecule has 0 saturated carbocycles. The number of hydrogen-bond acceptors (Lipinski definition) is 3. The molecule has 1 aliphatic rings. The highest BCUT2D eigenvalue weighted by molar-refractivity contribution is 7.91. The lowest BCUT2D eigenvalue weighted by Gasteiger charge is -2.11. The first-order valence-corrected chi connectivity index (χ1v) is 8.30. The van der Waals surface area contributed by atoms with Crippen molar-refractivity contribution in [1.29, 1.82) is 0 Å². The van der Waals surface area contributed by atoms with Gasteiger partial charge >= 0.3 is 0 Å². The second kappa shape index (κ2) is 5.11. The van der Waals surface area contributed by atoms with E-state index in [4.69, 9.17) is 16.3 Å². The second-order valence-corrected chi connectivity index (χ2v) is 7.26. The van der Waals surface area contributed by atoms with Gasteiger partial charge in [-0.3, -0.25) is 0 Å². The first kappa shape index (κ1) is 13.5. The van der Waals surface area contributed by atoms with Gasteiger partial charge in [-0.05, 0) is 35.9 Å². The molecule has 0 saturated heterocycles. The second-order valence-electron chi connectivity index (χ2n) is 4.79. The minimum Gasteiger partial charge on any atom is -0.489 e. The number of sulfone groups is 1. The van der Waals surface area contributed by atoms with Gasteiger partial charge in [0, 0.05) is 11.4 Å². The van der Waals surface area contributed by atoms with Crippen LogP contribution in [-0.4, -0.2) is 20.3 Å². The molecule has 0 spiro atoms. The Morgan fingerprint density at radius 1 is 1.15 bits per heavy atom. The van der Waals surface area contributed by atoms with E-state index in [0.717, 1.165) is 11.3 Å². The van der Waals surface area contributed by atoms with Crippen LogP contribution in [0.4, 0.5) is 0 Å². The topological polar surface area (TPSA) is 43.4 Å². The lowest BCUT2D eigenvalue weighted by Crippen LogP contribution is -2.25. The van der Waals surface area contributed by atoms with E-state index in [0.29, 0.717) is 16.3 Å². The van der Waals surface area contributed by atoms with Crippen LogP contribution in [0.15, 0.2) is 53.4 Å². The van der Waals surface area contributed by atoms with Crippen molar-refractivity contribution in [3.63, 3.8) is 0 Å². The number of fused-ring (bicyclic) bond motifs is 1. The van der Waals surface area contributed by atoms with Crippen molar-refractivity contribution in [2.24, 2.45) is 0 Å². The van der Waals surface area contributed by atoms with E-state index < -0.39 is 9.84 Å². The average Bonchev–Trinajstić information content (AvgIpc) is 2.80. The summed E-state index contributed by atoms with van der Waals surface area (Å²) in [5, 5.41) is 0.638. The van der Waals surface area contributed by atoms with Crippen molar-refractivity contribution in [1.82, 2.24) is 0 Å². The highest BCUT2D eigenvalue weighted by atomic mass is 35.5. The summed E-state index contributed by atoms with van der Waals surface area (Å²) in [6.45, 7) is 0. The van der Waals surface area contributed by atoms with Gasteiger partial charge in [-0.1, -0.05) is 29.8 Å². The minimum absolute atomic E-state index is 0.0245. The van der Waals surface area contributed by atoms with Crippen LogP contribution in [0.25, 0.3) is 0 Å². The molecule has 0 fully saturated rings. The van der Waals surface area contributed by atoms with Crippen LogP contribution in [0.2, 0.25) is 5.02 Å². The molecule has 0 radical (unpaired) electrons. The van der Waals surface area contributed by atoms with Crippen LogP contribution < -0.4 is 4.74 Å². The predicted octanol–water partition coefficient (Wildman–Crippen LogP) is 3.12. The Morgan fingerprint density at radius 3 is 2.65 bits per heavy atom. The molecule has 1 aliphatic heterocycles. The predicted molar refractivity (Wildman–Crippen MR) is 78.1 cm³/mol. The first-order chi connectivity index (χ1) is 9.54. The molecular formula is C15H13ClO3S. The highest BCUT2D eigenvalue weighted by Crippen LogP contribution is 2.32. The van der Waals surface area contributed by atoms with Gasteiger partial charge in [0.2, 0.25) is 0 Å². The van der Waals surface area contributed by atoms with E-state index in [2.05, 4.69) is 0 Å². The summed E-state index contributed by atoms with van der Waals surface area (Å²) in [4.78, 5) is 0.331. The Hall–Kier alpha value is -1.52. The summed E-state index contributed by atoms with van der Waals surface area (Å²) in [6, 6.07) is 13.8. The van der Waals surface area contributed by atoms with E-state index in [1.165, 1.54) is 0 Å². The maximum absolute atomic E-state index is 12.3. The first-order valence-electron chi connectivity index (χ1n) is 6.27. The zero-order valence-electron chi connectivity index (χ0n) is 10.6. The Labute approximate surface area is 123 Å². The fourth-order valence-corrected chi connectivity index (χ4v) is 3.99. The summed E-state index contributed by atoms with van der Waals surface area (Å²) in [5.74, 6) is 0.700. The molecule has 0 bridgehead atoms. The fraction of sp³-hybridized carbons (Fsp3) is 0.200. The number of benzene rings is 2. The van der Waals surface area contributed by atoms with Crippen LogP contribution in [0.1, 0.15) is 5.56 Å². The number of ether oxygens (including phenoxy) is 1. The fourth-order valence-electron chi connectivity index (χ4n) is 2.35. The summed E-state index contributed by atoms with van der Waals surface area (Å²) in [6.07, 6.45) is 0.218. The Kier molecular flexibility index (Phi) is 3.44. The van der Waals surface area contributed by atoms with E-state index in [9.17, 15) is 8.42 Å². The monoisotopic (exact) mass is 308 g/mol. The molecule has 104 valence electrons. The van der Waals surface area contributed by atoms with Gasteiger partial charge < -0.3 is 4.74 Å². The van der Waals surface area contributed by atoms with Gasteiger partial charge in [-0.2, -0.15) is 0 Å². The Morgan fingerprint density at radius 2 is 1.90 bits per heavy atom. The maximum Gasteiger partial charge on any atom is 0.182 e. The number of rotatable bonds is 3. The summed E-state index contributed by atoms with van der Waals surface area (Å²) in [7, 11) is -3.33. The van der Waals surface area contributed by atoms with E-state index in [-0.39, 0.29) is 11.9 Å². The molecule has 0 aromatic heterocycles. The van der Waals surface area contributed by atoms with Gasteiger partial charge in [0.1, 0.15) is 11.9 Å². The molecule has 0 N–H and O–H groups in total. The van der Waals surface area contributed by atoms with Crippen LogP contribution in [0.3, 0.4) is 0 Å². The SMILES string of the molecule is O=S(=O)(CC1Cc2cc(Cl)ccc2O1)c1ccccc1. The lowest BCUT2D eigenvalue weighted by molar-refractivity contribution is 0.256. The van der Waals surface area contributed by atoms with Gasteiger partial charge in [0.15, 0.2) is 9.84 Å². The maximum atomic E-state index is 12.3. The molecule has 1 atom stereocenters. The van der Waals surface area contributed by atoms with Crippen LogP contribution in [-0.2, 0) is 16.3 Å². The van der Waals surface area contributed by atoms with E-state index in [1.807, 2.05) is 6.07 Å². The van der Waals surface area contributed by atoms with Gasteiger partial charge in [-0.15, -0.1) is 0 Å². The zero-order valence-corrected chi connectivity index (χ0v) is 12.2. The molecule has 5 heteroatoms. The molecule has 3 nitrogen and oxygen atoms in total. The third-order valence-electron chi connectivity index (χ3n) is 3.27. The van der Waals surface area contributed by atoms with E-state index >= 15 is 0 Å². The molecule has 3 rings (SSSR count).